The molecule has 0 saturated carbocycles. The van der Waals surface area contributed by atoms with Gasteiger partial charge in [-0.15, -0.1) is 0 Å². The van der Waals surface area contributed by atoms with Crippen LogP contribution in [0.2, 0.25) is 0 Å². The number of nitrogens with one attached hydrogen (secondary N) is 1. The number of nitrogens with zero attached hydrogens (tertiary/aromatic N) is 2. The third-order valence-electron chi connectivity index (χ3n) is 2.85. The van der Waals surface area contributed by atoms with Gasteiger partial charge in [-0.05, 0) is 21.0 Å². The van der Waals surface area contributed by atoms with Crippen LogP contribution in [0.15, 0.2) is 0 Å². The maximum atomic E-state index is 9.67. The molecule has 0 aliphatic carbocycles. The monoisotopic (exact) mass is 201 g/mol. The lowest BCUT2D eigenvalue weighted by molar-refractivity contribution is 0.0486. The Morgan fingerprint density at radius 3 is 2.79 bits per heavy atom. The highest BCUT2D eigenvalue weighted by molar-refractivity contribution is 4.79. The standard InChI is InChI=1S/C10H23N3O/c1-9-7-12(3)4-5-13(9)8-10(14)6-11-2/h9-11,14H,4-8H2,1-3H3. The molecule has 2 unspecified atom stereocenters. The molecule has 0 bridgehead atoms. The van der Waals surface area contributed by atoms with Gasteiger partial charge in [0, 0.05) is 38.8 Å². The summed E-state index contributed by atoms with van der Waals surface area (Å²) in [7, 11) is 4.02. The van der Waals surface area contributed by atoms with Crippen molar-refractivity contribution in [3.63, 3.8) is 0 Å². The topological polar surface area (TPSA) is 38.7 Å². The van der Waals surface area contributed by atoms with Gasteiger partial charge in [0.05, 0.1) is 6.10 Å². The maximum absolute atomic E-state index is 9.67. The molecule has 0 aromatic carbocycles. The quantitative estimate of drug-likeness (QED) is 0.625. The average molecular weight is 201 g/mol. The number of aliphatic hydroxyl groups is 1. The molecule has 2 N–H and O–H groups in total. The molecule has 84 valence electrons. The van der Waals surface area contributed by atoms with Crippen molar-refractivity contribution in [1.82, 2.24) is 15.1 Å². The summed E-state index contributed by atoms with van der Waals surface area (Å²) in [6.07, 6.45) is -0.245. The molecule has 2 atom stereocenters. The summed E-state index contributed by atoms with van der Waals surface area (Å²) in [4.78, 5) is 4.70. The van der Waals surface area contributed by atoms with Crippen molar-refractivity contribution in [2.75, 3.05) is 46.8 Å². The summed E-state index contributed by atoms with van der Waals surface area (Å²) in [5.41, 5.74) is 0. The molecule has 0 amide bonds. The number of β-amino-alcohol motifs (C(OH)–C–C–N with tert-alkyl or cyclic N) is 1. The smallest absolute Gasteiger partial charge is 0.0791 e. The van der Waals surface area contributed by atoms with E-state index in [-0.39, 0.29) is 6.10 Å². The molecule has 0 radical (unpaired) electrons. The molecular weight excluding hydrogens is 178 g/mol. The largest absolute Gasteiger partial charge is 0.390 e. The van der Waals surface area contributed by atoms with Crippen LogP contribution in [-0.2, 0) is 0 Å². The highest BCUT2D eigenvalue weighted by Gasteiger charge is 2.22. The number of hydrogen-bond acceptors (Lipinski definition) is 4. The van der Waals surface area contributed by atoms with E-state index in [2.05, 4.69) is 29.1 Å². The number of likely N-dealkylation sites (N-methyl/N-ethyl adjacent to an activating group) is 2. The number of aliphatic hydroxyl groups excluding tert-OH is 1. The van der Waals surface area contributed by atoms with Crippen molar-refractivity contribution in [3.05, 3.63) is 0 Å². The fourth-order valence-corrected chi connectivity index (χ4v) is 2.02. The summed E-state index contributed by atoms with van der Waals surface area (Å²) in [6, 6.07) is 0.556. The van der Waals surface area contributed by atoms with Gasteiger partial charge in [0.25, 0.3) is 0 Å². The zero-order valence-electron chi connectivity index (χ0n) is 9.53. The van der Waals surface area contributed by atoms with E-state index in [9.17, 15) is 5.11 Å². The van der Waals surface area contributed by atoms with Gasteiger partial charge in [-0.25, -0.2) is 0 Å². The molecule has 1 saturated heterocycles. The Bertz CT molecular complexity index is 165. The minimum absolute atomic E-state index is 0.245. The lowest BCUT2D eigenvalue weighted by atomic mass is 10.2. The van der Waals surface area contributed by atoms with E-state index in [0.29, 0.717) is 12.6 Å². The van der Waals surface area contributed by atoms with E-state index in [1.165, 1.54) is 0 Å². The maximum Gasteiger partial charge on any atom is 0.0791 e. The van der Waals surface area contributed by atoms with Gasteiger partial charge in [0.2, 0.25) is 0 Å². The van der Waals surface area contributed by atoms with E-state index in [1.54, 1.807) is 0 Å². The lowest BCUT2D eigenvalue weighted by Gasteiger charge is -2.39. The first-order chi connectivity index (χ1) is 6.63. The van der Waals surface area contributed by atoms with Gasteiger partial charge in [-0.2, -0.15) is 0 Å². The first-order valence-electron chi connectivity index (χ1n) is 5.38. The predicted octanol–water partition coefficient (Wildman–Crippen LogP) is -0.797. The Hall–Kier alpha value is -0.160. The highest BCUT2D eigenvalue weighted by atomic mass is 16.3. The van der Waals surface area contributed by atoms with Crippen molar-refractivity contribution >= 4 is 0 Å². The first-order valence-corrected chi connectivity index (χ1v) is 5.38. The summed E-state index contributed by atoms with van der Waals surface area (Å²) < 4.78 is 0. The SMILES string of the molecule is CNCC(O)CN1CCN(C)CC1C. The van der Waals surface area contributed by atoms with Crippen molar-refractivity contribution < 1.29 is 5.11 Å². The van der Waals surface area contributed by atoms with Crippen LogP contribution in [-0.4, -0.2) is 73.9 Å². The Kier molecular flexibility index (Phi) is 4.81. The van der Waals surface area contributed by atoms with Crippen molar-refractivity contribution in [3.8, 4) is 0 Å². The molecule has 1 fully saturated rings. The zero-order valence-corrected chi connectivity index (χ0v) is 9.53. The van der Waals surface area contributed by atoms with Gasteiger partial charge in [-0.3, -0.25) is 4.90 Å². The predicted molar refractivity (Wildman–Crippen MR) is 58.5 cm³/mol. The second-order valence-electron chi connectivity index (χ2n) is 4.32. The second kappa shape index (κ2) is 5.66. The highest BCUT2D eigenvalue weighted by Crippen LogP contribution is 2.07. The van der Waals surface area contributed by atoms with Crippen LogP contribution in [0.25, 0.3) is 0 Å². The third-order valence-corrected chi connectivity index (χ3v) is 2.85. The van der Waals surface area contributed by atoms with Gasteiger partial charge in [0.15, 0.2) is 0 Å². The average Bonchev–Trinajstić information content (AvgIpc) is 2.10. The normalized spacial score (nSPS) is 27.9. The number of piperazine rings is 1. The van der Waals surface area contributed by atoms with Gasteiger partial charge in [-0.1, -0.05) is 0 Å². The summed E-state index contributed by atoms with van der Waals surface area (Å²) in [6.45, 7) is 6.97. The summed E-state index contributed by atoms with van der Waals surface area (Å²) in [5, 5.41) is 12.7. The first kappa shape index (κ1) is 11.9. The third kappa shape index (κ3) is 3.53. The van der Waals surface area contributed by atoms with Gasteiger partial charge < -0.3 is 15.3 Å². The van der Waals surface area contributed by atoms with Crippen molar-refractivity contribution in [1.29, 1.82) is 0 Å². The van der Waals surface area contributed by atoms with E-state index in [4.69, 9.17) is 0 Å². The molecule has 0 aromatic rings. The van der Waals surface area contributed by atoms with Crippen LogP contribution >= 0.6 is 0 Å². The Labute approximate surface area is 86.9 Å². The Balaban J connectivity index is 2.29. The minimum Gasteiger partial charge on any atom is -0.390 e. The number of rotatable bonds is 4. The molecule has 1 aliphatic rings. The van der Waals surface area contributed by atoms with E-state index < -0.39 is 0 Å². The Morgan fingerprint density at radius 1 is 1.50 bits per heavy atom. The van der Waals surface area contributed by atoms with Gasteiger partial charge >= 0.3 is 0 Å². The van der Waals surface area contributed by atoms with Crippen LogP contribution in [0.5, 0.6) is 0 Å². The molecule has 1 rings (SSSR count). The van der Waals surface area contributed by atoms with E-state index >= 15 is 0 Å². The molecule has 14 heavy (non-hydrogen) atoms. The summed E-state index contributed by atoms with van der Waals surface area (Å²) >= 11 is 0. The van der Waals surface area contributed by atoms with Crippen LogP contribution in [0.3, 0.4) is 0 Å². The van der Waals surface area contributed by atoms with Crippen molar-refractivity contribution in [2.24, 2.45) is 0 Å². The second-order valence-corrected chi connectivity index (χ2v) is 4.32. The molecule has 4 nitrogen and oxygen atoms in total. The zero-order chi connectivity index (χ0) is 10.6. The summed E-state index contributed by atoms with van der Waals surface area (Å²) in [5.74, 6) is 0. The van der Waals surface area contributed by atoms with Crippen LogP contribution in [0.4, 0.5) is 0 Å². The van der Waals surface area contributed by atoms with Crippen LogP contribution < -0.4 is 5.32 Å². The molecule has 1 heterocycles. The minimum atomic E-state index is -0.245. The van der Waals surface area contributed by atoms with Crippen LogP contribution in [0, 0.1) is 0 Å². The molecule has 0 aromatic heterocycles. The van der Waals surface area contributed by atoms with E-state index in [0.717, 1.165) is 26.2 Å². The lowest BCUT2D eigenvalue weighted by Crippen LogP contribution is -2.53. The fourth-order valence-electron chi connectivity index (χ4n) is 2.02. The van der Waals surface area contributed by atoms with Gasteiger partial charge in [0.1, 0.15) is 0 Å². The molecule has 1 aliphatic heterocycles. The molecular formula is C10H23N3O. The number of hydrogen-bond donors (Lipinski definition) is 2. The molecule has 4 heteroatoms. The Morgan fingerprint density at radius 2 is 2.21 bits per heavy atom. The van der Waals surface area contributed by atoms with Crippen LogP contribution in [0.1, 0.15) is 6.92 Å². The molecule has 0 spiro atoms. The van der Waals surface area contributed by atoms with Crippen molar-refractivity contribution in [2.45, 2.75) is 19.1 Å². The fraction of sp³-hybridized carbons (Fsp3) is 1.00. The van der Waals surface area contributed by atoms with E-state index in [1.807, 2.05) is 7.05 Å².